The van der Waals surface area contributed by atoms with Crippen molar-refractivity contribution in [1.29, 1.82) is 0 Å². The second-order valence-corrected chi connectivity index (χ2v) is 8.42. The van der Waals surface area contributed by atoms with Crippen LogP contribution in [0.2, 0.25) is 0 Å². The van der Waals surface area contributed by atoms with Crippen molar-refractivity contribution in [2.75, 3.05) is 23.8 Å². The lowest BCUT2D eigenvalue weighted by atomic mass is 9.76. The number of hydrogen-bond acceptors (Lipinski definition) is 2. The number of anilines is 2. The number of rotatable bonds is 3. The molecular weight excluding hydrogens is 340 g/mol. The minimum absolute atomic E-state index is 0.0770. The van der Waals surface area contributed by atoms with E-state index in [9.17, 15) is 0 Å². The third kappa shape index (κ3) is 2.40. The van der Waals surface area contributed by atoms with Gasteiger partial charge in [0.25, 0.3) is 0 Å². The number of nitrogens with zero attached hydrogens (tertiary/aromatic N) is 1. The summed E-state index contributed by atoms with van der Waals surface area (Å²) >= 11 is 0. The molecule has 0 saturated carbocycles. The fourth-order valence-electron chi connectivity index (χ4n) is 5.58. The normalized spacial score (nSPS) is 25.6. The van der Waals surface area contributed by atoms with Crippen molar-refractivity contribution in [3.8, 4) is 0 Å². The Balaban J connectivity index is 1.67. The van der Waals surface area contributed by atoms with Gasteiger partial charge in [0, 0.05) is 19.0 Å². The highest BCUT2D eigenvalue weighted by Crippen LogP contribution is 2.53. The molecule has 28 heavy (non-hydrogen) atoms. The maximum Gasteiger partial charge on any atom is 0.0735 e. The fourth-order valence-corrected chi connectivity index (χ4v) is 5.58. The number of allylic oxidation sites excluding steroid dienone is 3. The lowest BCUT2D eigenvalue weighted by molar-refractivity contribution is 0.574. The first-order valence-electron chi connectivity index (χ1n) is 10.3. The number of fused-ring (bicyclic) bond motifs is 4. The van der Waals surface area contributed by atoms with E-state index in [-0.39, 0.29) is 5.41 Å². The van der Waals surface area contributed by atoms with Crippen molar-refractivity contribution in [2.45, 2.75) is 32.7 Å². The third-order valence-electron chi connectivity index (χ3n) is 6.75. The first-order chi connectivity index (χ1) is 13.7. The minimum atomic E-state index is 0.0770. The van der Waals surface area contributed by atoms with Crippen molar-refractivity contribution < 1.29 is 0 Å². The van der Waals surface area contributed by atoms with Crippen LogP contribution in [0.3, 0.4) is 0 Å². The molecule has 1 saturated heterocycles. The molecule has 142 valence electrons. The summed E-state index contributed by atoms with van der Waals surface area (Å²) in [4.78, 5) is 2.64. The topological polar surface area (TPSA) is 15.3 Å². The van der Waals surface area contributed by atoms with Gasteiger partial charge in [-0.15, -0.1) is 0 Å². The predicted octanol–water partition coefficient (Wildman–Crippen LogP) is 5.84. The Morgan fingerprint density at radius 3 is 2.71 bits per heavy atom. The van der Waals surface area contributed by atoms with Crippen molar-refractivity contribution in [3.05, 3.63) is 89.0 Å². The van der Waals surface area contributed by atoms with E-state index < -0.39 is 0 Å². The Hall–Kier alpha value is -2.74. The molecule has 1 N–H and O–H groups in total. The summed E-state index contributed by atoms with van der Waals surface area (Å²) in [5, 5.41) is 3.41. The van der Waals surface area contributed by atoms with Crippen LogP contribution in [0.5, 0.6) is 0 Å². The molecule has 0 radical (unpaired) electrons. The first kappa shape index (κ1) is 17.4. The zero-order chi connectivity index (χ0) is 19.3. The largest absolute Gasteiger partial charge is 0.386 e. The second kappa shape index (κ2) is 6.41. The Bertz CT molecular complexity index is 1030. The number of benzene rings is 2. The molecule has 3 aliphatic rings. The average molecular weight is 369 g/mol. The van der Waals surface area contributed by atoms with Crippen LogP contribution in [-0.4, -0.2) is 19.6 Å². The van der Waals surface area contributed by atoms with E-state index in [2.05, 4.69) is 90.8 Å². The van der Waals surface area contributed by atoms with Crippen LogP contribution >= 0.6 is 0 Å². The molecule has 1 heterocycles. The van der Waals surface area contributed by atoms with Gasteiger partial charge in [0.15, 0.2) is 0 Å². The molecule has 0 amide bonds. The molecule has 0 spiro atoms. The van der Waals surface area contributed by atoms with Gasteiger partial charge in [0.05, 0.1) is 17.4 Å². The van der Waals surface area contributed by atoms with E-state index >= 15 is 0 Å². The Kier molecular flexibility index (Phi) is 3.97. The summed E-state index contributed by atoms with van der Waals surface area (Å²) < 4.78 is 0. The van der Waals surface area contributed by atoms with E-state index in [1.54, 1.807) is 16.7 Å². The van der Waals surface area contributed by atoms with Crippen LogP contribution in [0, 0.1) is 5.41 Å². The fraction of sp³-hybridized carbons (Fsp3) is 0.308. The molecule has 5 rings (SSSR count). The molecule has 2 aliphatic carbocycles. The average Bonchev–Trinajstić information content (AvgIpc) is 3.24. The number of hydrogen-bond donors (Lipinski definition) is 1. The van der Waals surface area contributed by atoms with Gasteiger partial charge >= 0.3 is 0 Å². The molecule has 1 aliphatic heterocycles. The van der Waals surface area contributed by atoms with E-state index in [4.69, 9.17) is 0 Å². The smallest absolute Gasteiger partial charge is 0.0735 e. The highest BCUT2D eigenvalue weighted by Gasteiger charge is 2.48. The van der Waals surface area contributed by atoms with Crippen LogP contribution in [0.1, 0.15) is 31.4 Å². The van der Waals surface area contributed by atoms with Crippen LogP contribution in [0.15, 0.2) is 77.9 Å². The standard InChI is InChI=1S/C26H28N2/c1-4-15-26(2)17-28(24-12-8-7-11-23(24)27-3)25-21-16-18-9-5-6-10-19(18)20(21)13-14-22(25)26/h4-12,14-15,25,27H,13,16-17H2,1-3H3. The molecule has 0 bridgehead atoms. The Morgan fingerprint density at radius 2 is 1.89 bits per heavy atom. The van der Waals surface area contributed by atoms with E-state index in [1.807, 2.05) is 7.05 Å². The molecule has 2 aromatic rings. The van der Waals surface area contributed by atoms with Crippen LogP contribution in [-0.2, 0) is 6.42 Å². The van der Waals surface area contributed by atoms with Gasteiger partial charge in [-0.3, -0.25) is 0 Å². The maximum absolute atomic E-state index is 3.41. The third-order valence-corrected chi connectivity index (χ3v) is 6.75. The monoisotopic (exact) mass is 368 g/mol. The van der Waals surface area contributed by atoms with E-state index in [1.165, 1.54) is 22.5 Å². The Labute approximate surface area is 168 Å². The van der Waals surface area contributed by atoms with E-state index in [0.717, 1.165) is 19.4 Å². The highest BCUT2D eigenvalue weighted by atomic mass is 15.2. The van der Waals surface area contributed by atoms with Gasteiger partial charge in [-0.2, -0.15) is 0 Å². The van der Waals surface area contributed by atoms with Crippen molar-refractivity contribution in [3.63, 3.8) is 0 Å². The molecule has 2 atom stereocenters. The van der Waals surface area contributed by atoms with Crippen molar-refractivity contribution >= 4 is 16.9 Å². The van der Waals surface area contributed by atoms with Gasteiger partial charge in [-0.1, -0.05) is 61.5 Å². The summed E-state index contributed by atoms with van der Waals surface area (Å²) in [6, 6.07) is 18.1. The molecule has 2 heteroatoms. The quantitative estimate of drug-likeness (QED) is 0.685. The van der Waals surface area contributed by atoms with Gasteiger partial charge in [0.1, 0.15) is 0 Å². The molecule has 2 unspecified atom stereocenters. The highest BCUT2D eigenvalue weighted by molar-refractivity contribution is 5.84. The Morgan fingerprint density at radius 1 is 1.11 bits per heavy atom. The molecule has 0 aromatic heterocycles. The van der Waals surface area contributed by atoms with Crippen molar-refractivity contribution in [2.24, 2.45) is 5.41 Å². The zero-order valence-electron chi connectivity index (χ0n) is 17.0. The minimum Gasteiger partial charge on any atom is -0.386 e. The number of nitrogens with one attached hydrogen (secondary N) is 1. The van der Waals surface area contributed by atoms with Crippen LogP contribution < -0.4 is 10.2 Å². The molecule has 2 nitrogen and oxygen atoms in total. The lowest BCUT2D eigenvalue weighted by Crippen LogP contribution is -2.33. The summed E-state index contributed by atoms with van der Waals surface area (Å²) in [5.41, 5.74) is 10.3. The lowest BCUT2D eigenvalue weighted by Gasteiger charge is -2.32. The summed E-state index contributed by atoms with van der Waals surface area (Å²) in [5.74, 6) is 0. The van der Waals surface area contributed by atoms with Gasteiger partial charge in [0.2, 0.25) is 0 Å². The predicted molar refractivity (Wildman–Crippen MR) is 120 cm³/mol. The molecular formula is C26H28N2. The first-order valence-corrected chi connectivity index (χ1v) is 10.3. The van der Waals surface area contributed by atoms with Crippen LogP contribution in [0.25, 0.3) is 5.57 Å². The van der Waals surface area contributed by atoms with Gasteiger partial charge < -0.3 is 10.2 Å². The van der Waals surface area contributed by atoms with Crippen molar-refractivity contribution in [1.82, 2.24) is 0 Å². The maximum atomic E-state index is 3.41. The zero-order valence-corrected chi connectivity index (χ0v) is 17.0. The summed E-state index contributed by atoms with van der Waals surface area (Å²) in [7, 11) is 2.02. The molecule has 2 aromatic carbocycles. The van der Waals surface area contributed by atoms with Crippen LogP contribution in [0.4, 0.5) is 11.4 Å². The number of para-hydroxylation sites is 2. The summed E-state index contributed by atoms with van der Waals surface area (Å²) in [6.07, 6.45) is 9.29. The SMILES string of the molecule is CC=CC1(C)CN(c2ccccc2NC)C2C1=CCC1=C2Cc2ccccc21. The molecule has 1 fully saturated rings. The van der Waals surface area contributed by atoms with E-state index in [0.29, 0.717) is 6.04 Å². The van der Waals surface area contributed by atoms with Gasteiger partial charge in [-0.05, 0) is 59.7 Å². The van der Waals surface area contributed by atoms with Gasteiger partial charge in [-0.25, -0.2) is 0 Å². The second-order valence-electron chi connectivity index (χ2n) is 8.42. The summed E-state index contributed by atoms with van der Waals surface area (Å²) in [6.45, 7) is 5.56.